The summed E-state index contributed by atoms with van der Waals surface area (Å²) in [5.41, 5.74) is -0.123. The standard InChI is InChI=1S/C13H15NO6/c1-18-6-7-19-13-10(15)8-12(13)20-11-5-3-2-4-9(11)14(16)17/h2-5,12-13H,6-8H2,1H3. The summed E-state index contributed by atoms with van der Waals surface area (Å²) < 4.78 is 15.7. The van der Waals surface area contributed by atoms with Gasteiger partial charge in [-0.3, -0.25) is 14.9 Å². The van der Waals surface area contributed by atoms with E-state index < -0.39 is 17.1 Å². The molecule has 7 nitrogen and oxygen atoms in total. The minimum atomic E-state index is -0.676. The summed E-state index contributed by atoms with van der Waals surface area (Å²) in [6.07, 6.45) is -0.964. The number of carbonyl (C=O) groups is 1. The fourth-order valence-corrected chi connectivity index (χ4v) is 1.90. The van der Waals surface area contributed by atoms with E-state index in [-0.39, 0.29) is 30.2 Å². The molecule has 0 heterocycles. The lowest BCUT2D eigenvalue weighted by molar-refractivity contribution is -0.386. The Morgan fingerprint density at radius 2 is 2.10 bits per heavy atom. The summed E-state index contributed by atoms with van der Waals surface area (Å²) in [7, 11) is 1.53. The van der Waals surface area contributed by atoms with E-state index in [2.05, 4.69) is 0 Å². The molecule has 7 heteroatoms. The average Bonchev–Trinajstić information content (AvgIpc) is 2.43. The van der Waals surface area contributed by atoms with Gasteiger partial charge in [0.25, 0.3) is 0 Å². The maximum absolute atomic E-state index is 11.5. The van der Waals surface area contributed by atoms with Gasteiger partial charge in [-0.05, 0) is 6.07 Å². The normalized spacial score (nSPS) is 21.4. The zero-order valence-electron chi connectivity index (χ0n) is 11.0. The Balaban J connectivity index is 1.99. The van der Waals surface area contributed by atoms with E-state index in [9.17, 15) is 14.9 Å². The number of benzene rings is 1. The highest BCUT2D eigenvalue weighted by Crippen LogP contribution is 2.31. The van der Waals surface area contributed by atoms with Gasteiger partial charge in [-0.25, -0.2) is 0 Å². The molecule has 0 saturated heterocycles. The van der Waals surface area contributed by atoms with Gasteiger partial charge in [-0.1, -0.05) is 12.1 Å². The summed E-state index contributed by atoms with van der Waals surface area (Å²) in [6, 6.07) is 6.07. The van der Waals surface area contributed by atoms with E-state index in [0.717, 1.165) is 0 Å². The molecule has 0 spiro atoms. The van der Waals surface area contributed by atoms with E-state index in [1.54, 1.807) is 12.1 Å². The fourth-order valence-electron chi connectivity index (χ4n) is 1.90. The molecule has 1 saturated carbocycles. The summed E-state index contributed by atoms with van der Waals surface area (Å²) >= 11 is 0. The SMILES string of the molecule is COCCOC1C(=O)CC1Oc1ccccc1[N+](=O)[O-]. The van der Waals surface area contributed by atoms with Gasteiger partial charge < -0.3 is 14.2 Å². The van der Waals surface area contributed by atoms with E-state index in [0.29, 0.717) is 6.61 Å². The number of hydrogen-bond donors (Lipinski definition) is 0. The molecular weight excluding hydrogens is 266 g/mol. The molecule has 1 aromatic rings. The van der Waals surface area contributed by atoms with Crippen LogP contribution < -0.4 is 4.74 Å². The Bertz CT molecular complexity index is 503. The molecule has 1 aliphatic carbocycles. The van der Waals surface area contributed by atoms with Gasteiger partial charge in [0.15, 0.2) is 17.6 Å². The van der Waals surface area contributed by atoms with Crippen LogP contribution >= 0.6 is 0 Å². The lowest BCUT2D eigenvalue weighted by atomic mass is 9.90. The summed E-state index contributed by atoms with van der Waals surface area (Å²) in [5.74, 6) is 0.0834. The molecule has 108 valence electrons. The van der Waals surface area contributed by atoms with Crippen molar-refractivity contribution in [2.45, 2.75) is 18.6 Å². The topological polar surface area (TPSA) is 87.9 Å². The highest BCUT2D eigenvalue weighted by Gasteiger charge is 2.43. The Kier molecular flexibility index (Phi) is 4.65. The van der Waals surface area contributed by atoms with Crippen LogP contribution in [0.15, 0.2) is 24.3 Å². The largest absolute Gasteiger partial charge is 0.480 e. The molecule has 1 fully saturated rings. The molecule has 0 aromatic heterocycles. The Labute approximate surface area is 115 Å². The van der Waals surface area contributed by atoms with E-state index in [4.69, 9.17) is 14.2 Å². The predicted molar refractivity (Wildman–Crippen MR) is 68.8 cm³/mol. The van der Waals surface area contributed by atoms with Crippen molar-refractivity contribution in [3.05, 3.63) is 34.4 Å². The molecule has 1 aromatic carbocycles. The molecule has 0 N–H and O–H groups in total. The van der Waals surface area contributed by atoms with Crippen LogP contribution in [0.5, 0.6) is 5.75 Å². The zero-order valence-corrected chi connectivity index (χ0v) is 11.0. The van der Waals surface area contributed by atoms with Crippen LogP contribution in [-0.4, -0.2) is 43.2 Å². The molecule has 2 atom stereocenters. The molecule has 0 radical (unpaired) electrons. The van der Waals surface area contributed by atoms with Gasteiger partial charge >= 0.3 is 5.69 Å². The van der Waals surface area contributed by atoms with Gasteiger partial charge in [0, 0.05) is 19.6 Å². The van der Waals surface area contributed by atoms with Gasteiger partial charge in [0.2, 0.25) is 0 Å². The van der Waals surface area contributed by atoms with Crippen molar-refractivity contribution in [2.75, 3.05) is 20.3 Å². The lowest BCUT2D eigenvalue weighted by Crippen LogP contribution is -2.52. The highest BCUT2D eigenvalue weighted by atomic mass is 16.6. The quantitative estimate of drug-likeness (QED) is 0.426. The van der Waals surface area contributed by atoms with Crippen molar-refractivity contribution in [3.63, 3.8) is 0 Å². The third-order valence-electron chi connectivity index (χ3n) is 2.98. The predicted octanol–water partition coefficient (Wildman–Crippen LogP) is 1.35. The number of hydrogen-bond acceptors (Lipinski definition) is 6. The molecule has 0 amide bonds. The summed E-state index contributed by atoms with van der Waals surface area (Å²) in [5, 5.41) is 10.9. The minimum Gasteiger partial charge on any atom is -0.480 e. The number of Topliss-reactive ketones (excluding diaryl/α,β-unsaturated/α-hetero) is 1. The van der Waals surface area contributed by atoms with Crippen LogP contribution in [0.3, 0.4) is 0 Å². The monoisotopic (exact) mass is 281 g/mol. The van der Waals surface area contributed by atoms with Gasteiger partial charge in [-0.15, -0.1) is 0 Å². The third-order valence-corrected chi connectivity index (χ3v) is 2.98. The number of rotatable bonds is 7. The van der Waals surface area contributed by atoms with Crippen molar-refractivity contribution in [1.29, 1.82) is 0 Å². The maximum Gasteiger partial charge on any atom is 0.310 e. The van der Waals surface area contributed by atoms with E-state index in [1.165, 1.54) is 19.2 Å². The summed E-state index contributed by atoms with van der Waals surface area (Å²) in [4.78, 5) is 21.8. The van der Waals surface area contributed by atoms with Crippen molar-refractivity contribution < 1.29 is 23.9 Å². The van der Waals surface area contributed by atoms with Crippen molar-refractivity contribution >= 4 is 11.5 Å². The minimum absolute atomic E-state index is 0.0651. The number of para-hydroxylation sites is 2. The van der Waals surface area contributed by atoms with Crippen LogP contribution in [0.25, 0.3) is 0 Å². The number of ether oxygens (including phenoxy) is 3. The van der Waals surface area contributed by atoms with Crippen LogP contribution in [-0.2, 0) is 14.3 Å². The summed E-state index contributed by atoms with van der Waals surface area (Å²) in [6.45, 7) is 0.658. The van der Waals surface area contributed by atoms with Gasteiger partial charge in [-0.2, -0.15) is 0 Å². The van der Waals surface area contributed by atoms with Crippen molar-refractivity contribution in [1.82, 2.24) is 0 Å². The van der Waals surface area contributed by atoms with Gasteiger partial charge in [0.05, 0.1) is 18.1 Å². The zero-order chi connectivity index (χ0) is 14.5. The second kappa shape index (κ2) is 6.44. The highest BCUT2D eigenvalue weighted by molar-refractivity contribution is 5.90. The van der Waals surface area contributed by atoms with Crippen LogP contribution in [0.1, 0.15) is 6.42 Å². The number of nitro benzene ring substituents is 1. The number of methoxy groups -OCH3 is 1. The Hall–Kier alpha value is -1.99. The first-order valence-electron chi connectivity index (χ1n) is 6.17. The number of ketones is 1. The molecule has 0 bridgehead atoms. The second-order valence-electron chi connectivity index (χ2n) is 4.34. The molecule has 0 aliphatic heterocycles. The molecule has 20 heavy (non-hydrogen) atoms. The van der Waals surface area contributed by atoms with Crippen LogP contribution in [0.2, 0.25) is 0 Å². The van der Waals surface area contributed by atoms with E-state index >= 15 is 0 Å². The van der Waals surface area contributed by atoms with Crippen molar-refractivity contribution in [3.8, 4) is 5.75 Å². The number of nitrogens with zero attached hydrogens (tertiary/aromatic N) is 1. The number of carbonyl (C=O) groups excluding carboxylic acids is 1. The van der Waals surface area contributed by atoms with Gasteiger partial charge in [0.1, 0.15) is 6.10 Å². The van der Waals surface area contributed by atoms with E-state index in [1.807, 2.05) is 0 Å². The molecular formula is C13H15NO6. The smallest absolute Gasteiger partial charge is 0.310 e. The van der Waals surface area contributed by atoms with Crippen LogP contribution in [0.4, 0.5) is 5.69 Å². The fraction of sp³-hybridized carbons (Fsp3) is 0.462. The first-order valence-corrected chi connectivity index (χ1v) is 6.17. The average molecular weight is 281 g/mol. The Morgan fingerprint density at radius 3 is 2.75 bits per heavy atom. The van der Waals surface area contributed by atoms with Crippen LogP contribution in [0, 0.1) is 10.1 Å². The molecule has 2 unspecified atom stereocenters. The van der Waals surface area contributed by atoms with Crippen molar-refractivity contribution in [2.24, 2.45) is 0 Å². The lowest BCUT2D eigenvalue weighted by Gasteiger charge is -2.34. The first-order chi connectivity index (χ1) is 9.63. The third kappa shape index (κ3) is 3.12. The molecule has 2 rings (SSSR count). The Morgan fingerprint density at radius 1 is 1.35 bits per heavy atom. The second-order valence-corrected chi connectivity index (χ2v) is 4.34. The first kappa shape index (κ1) is 14.4. The molecule has 1 aliphatic rings. The number of nitro groups is 1. The maximum atomic E-state index is 11.5.